The molecule has 1 heterocycles. The van der Waals surface area contributed by atoms with Crippen molar-refractivity contribution in [2.45, 2.75) is 51.7 Å². The molecule has 0 spiro atoms. The molecule has 3 N–H and O–H groups in total. The molecule has 2 rings (SSSR count). The molecule has 4 heteroatoms. The molecule has 3 atom stereocenters. The van der Waals surface area contributed by atoms with Gasteiger partial charge in [0.05, 0.1) is 6.20 Å². The van der Waals surface area contributed by atoms with E-state index in [1.165, 1.54) is 24.8 Å². The van der Waals surface area contributed by atoms with Gasteiger partial charge in [0.1, 0.15) is 0 Å². The molecule has 1 fully saturated rings. The van der Waals surface area contributed by atoms with Gasteiger partial charge in [0, 0.05) is 36.9 Å². The summed E-state index contributed by atoms with van der Waals surface area (Å²) < 4.78 is 1.96. The van der Waals surface area contributed by atoms with E-state index in [1.807, 2.05) is 10.9 Å². The molecule has 3 unspecified atom stereocenters. The van der Waals surface area contributed by atoms with Crippen molar-refractivity contribution in [1.29, 1.82) is 0 Å². The first-order valence-electron chi connectivity index (χ1n) is 6.71. The predicted molar refractivity (Wildman–Crippen MR) is 69.6 cm³/mol. The van der Waals surface area contributed by atoms with Crippen molar-refractivity contribution in [3.63, 3.8) is 0 Å². The van der Waals surface area contributed by atoms with Crippen LogP contribution in [0.2, 0.25) is 0 Å². The summed E-state index contributed by atoms with van der Waals surface area (Å²) in [5.74, 6) is 0.851. The van der Waals surface area contributed by atoms with Crippen LogP contribution in [0.4, 0.5) is 0 Å². The van der Waals surface area contributed by atoms with Crippen LogP contribution in [-0.2, 0) is 6.54 Å². The topological polar surface area (TPSA) is 55.9 Å². The summed E-state index contributed by atoms with van der Waals surface area (Å²) in [6, 6.07) is 0.883. The van der Waals surface area contributed by atoms with Gasteiger partial charge in [-0.15, -0.1) is 0 Å². The average Bonchev–Trinajstić information content (AvgIpc) is 2.94. The molecule has 4 nitrogen and oxygen atoms in total. The fraction of sp³-hybridized carbons (Fsp3) is 0.769. The first-order valence-corrected chi connectivity index (χ1v) is 6.71. The van der Waals surface area contributed by atoms with Gasteiger partial charge in [0.2, 0.25) is 0 Å². The van der Waals surface area contributed by atoms with E-state index in [-0.39, 0.29) is 6.04 Å². The number of hydrogen-bond acceptors (Lipinski definition) is 3. The summed E-state index contributed by atoms with van der Waals surface area (Å²) in [6.07, 6.45) is 7.93. The molecular formula is C13H24N4. The Balaban J connectivity index is 1.96. The third kappa shape index (κ3) is 3.07. The van der Waals surface area contributed by atoms with Gasteiger partial charge in [0.15, 0.2) is 0 Å². The Kier molecular flexibility index (Phi) is 4.18. The summed E-state index contributed by atoms with van der Waals surface area (Å²) >= 11 is 0. The summed E-state index contributed by atoms with van der Waals surface area (Å²) in [5, 5.41) is 7.99. The highest BCUT2D eigenvalue weighted by Crippen LogP contribution is 2.26. The number of aryl methyl sites for hydroxylation is 1. The number of rotatable bonds is 5. The summed E-state index contributed by atoms with van der Waals surface area (Å²) in [5.41, 5.74) is 7.09. The third-order valence-corrected chi connectivity index (χ3v) is 3.75. The molecule has 0 aromatic carbocycles. The molecule has 17 heavy (non-hydrogen) atoms. The molecule has 1 aromatic heterocycles. The van der Waals surface area contributed by atoms with Crippen LogP contribution in [0.3, 0.4) is 0 Å². The van der Waals surface area contributed by atoms with E-state index in [4.69, 9.17) is 5.73 Å². The SMILES string of the molecule is CCn1cc(C(CN)NC2CCC(C)C2)cn1. The van der Waals surface area contributed by atoms with Gasteiger partial charge in [-0.3, -0.25) is 4.68 Å². The Hall–Kier alpha value is -0.870. The van der Waals surface area contributed by atoms with Gasteiger partial charge in [-0.05, 0) is 32.1 Å². The van der Waals surface area contributed by atoms with Crippen molar-refractivity contribution in [2.75, 3.05) is 6.54 Å². The lowest BCUT2D eigenvalue weighted by atomic mass is 10.1. The Labute approximate surface area is 104 Å². The smallest absolute Gasteiger partial charge is 0.0538 e. The molecular weight excluding hydrogens is 212 g/mol. The highest BCUT2D eigenvalue weighted by atomic mass is 15.3. The summed E-state index contributed by atoms with van der Waals surface area (Å²) in [4.78, 5) is 0. The first-order chi connectivity index (χ1) is 8.22. The zero-order valence-electron chi connectivity index (χ0n) is 10.9. The minimum absolute atomic E-state index is 0.255. The van der Waals surface area contributed by atoms with E-state index in [1.54, 1.807) is 0 Å². The Morgan fingerprint density at radius 3 is 2.94 bits per heavy atom. The molecule has 0 aliphatic heterocycles. The lowest BCUT2D eigenvalue weighted by Crippen LogP contribution is -2.35. The van der Waals surface area contributed by atoms with Crippen molar-refractivity contribution in [1.82, 2.24) is 15.1 Å². The lowest BCUT2D eigenvalue weighted by molar-refractivity contribution is 0.434. The maximum Gasteiger partial charge on any atom is 0.0538 e. The van der Waals surface area contributed by atoms with Crippen molar-refractivity contribution in [3.8, 4) is 0 Å². The minimum Gasteiger partial charge on any atom is -0.329 e. The Bertz CT molecular complexity index is 347. The standard InChI is InChI=1S/C13H24N4/c1-3-17-9-11(8-15-17)13(7-14)16-12-5-4-10(2)6-12/h8-10,12-13,16H,3-7,14H2,1-2H3. The average molecular weight is 236 g/mol. The van der Waals surface area contributed by atoms with Gasteiger partial charge >= 0.3 is 0 Å². The van der Waals surface area contributed by atoms with Crippen molar-refractivity contribution in [3.05, 3.63) is 18.0 Å². The first kappa shape index (κ1) is 12.6. The number of nitrogens with one attached hydrogen (secondary N) is 1. The van der Waals surface area contributed by atoms with Crippen molar-refractivity contribution < 1.29 is 0 Å². The number of nitrogens with zero attached hydrogens (tertiary/aromatic N) is 2. The molecule has 0 amide bonds. The van der Waals surface area contributed by atoms with Crippen LogP contribution in [0.15, 0.2) is 12.4 Å². The van der Waals surface area contributed by atoms with E-state index in [0.29, 0.717) is 12.6 Å². The number of nitrogens with two attached hydrogens (primary N) is 1. The predicted octanol–water partition coefficient (Wildman–Crippen LogP) is 1.68. The highest BCUT2D eigenvalue weighted by Gasteiger charge is 2.24. The molecule has 0 bridgehead atoms. The van der Waals surface area contributed by atoms with Crippen molar-refractivity contribution >= 4 is 0 Å². The largest absolute Gasteiger partial charge is 0.329 e. The fourth-order valence-corrected chi connectivity index (χ4v) is 2.68. The van der Waals surface area contributed by atoms with Crippen LogP contribution in [0.1, 0.15) is 44.7 Å². The van der Waals surface area contributed by atoms with Crippen LogP contribution < -0.4 is 11.1 Å². The van der Waals surface area contributed by atoms with Gasteiger partial charge in [-0.2, -0.15) is 5.10 Å². The molecule has 96 valence electrons. The van der Waals surface area contributed by atoms with E-state index in [2.05, 4.69) is 30.5 Å². The van der Waals surface area contributed by atoms with Crippen molar-refractivity contribution in [2.24, 2.45) is 11.7 Å². The van der Waals surface area contributed by atoms with Gasteiger partial charge in [-0.1, -0.05) is 6.92 Å². The molecule has 1 saturated carbocycles. The second-order valence-electron chi connectivity index (χ2n) is 5.20. The molecule has 0 radical (unpaired) electrons. The quantitative estimate of drug-likeness (QED) is 0.818. The third-order valence-electron chi connectivity index (χ3n) is 3.75. The maximum absolute atomic E-state index is 5.87. The zero-order valence-corrected chi connectivity index (χ0v) is 10.9. The minimum atomic E-state index is 0.255. The van der Waals surface area contributed by atoms with Gasteiger partial charge < -0.3 is 11.1 Å². The van der Waals surface area contributed by atoms with Crippen LogP contribution >= 0.6 is 0 Å². The number of hydrogen-bond donors (Lipinski definition) is 2. The molecule has 1 aromatic rings. The van der Waals surface area contributed by atoms with Crippen LogP contribution in [-0.4, -0.2) is 22.4 Å². The second kappa shape index (κ2) is 5.65. The number of aromatic nitrogens is 2. The second-order valence-corrected chi connectivity index (χ2v) is 5.20. The lowest BCUT2D eigenvalue weighted by Gasteiger charge is -2.20. The molecule has 1 aliphatic carbocycles. The van der Waals surface area contributed by atoms with Crippen LogP contribution in [0.25, 0.3) is 0 Å². The van der Waals surface area contributed by atoms with Gasteiger partial charge in [-0.25, -0.2) is 0 Å². The highest BCUT2D eigenvalue weighted by molar-refractivity contribution is 5.11. The normalized spacial score (nSPS) is 26.3. The molecule has 0 saturated heterocycles. The summed E-state index contributed by atoms with van der Waals surface area (Å²) in [7, 11) is 0. The van der Waals surface area contributed by atoms with E-state index >= 15 is 0 Å². The zero-order chi connectivity index (χ0) is 12.3. The molecule has 1 aliphatic rings. The van der Waals surface area contributed by atoms with Crippen LogP contribution in [0, 0.1) is 5.92 Å². The fourth-order valence-electron chi connectivity index (χ4n) is 2.68. The van der Waals surface area contributed by atoms with Crippen LogP contribution in [0.5, 0.6) is 0 Å². The summed E-state index contributed by atoms with van der Waals surface area (Å²) in [6.45, 7) is 5.98. The van der Waals surface area contributed by atoms with E-state index in [0.717, 1.165) is 12.5 Å². The van der Waals surface area contributed by atoms with Gasteiger partial charge in [0.25, 0.3) is 0 Å². The maximum atomic E-state index is 5.87. The van der Waals surface area contributed by atoms with E-state index < -0.39 is 0 Å². The Morgan fingerprint density at radius 1 is 1.59 bits per heavy atom. The Morgan fingerprint density at radius 2 is 2.41 bits per heavy atom. The monoisotopic (exact) mass is 236 g/mol. The van der Waals surface area contributed by atoms with E-state index in [9.17, 15) is 0 Å².